The number of nitriles is 1. The number of phenols is 1. The number of nitrogens with one attached hydrogen (secondary N) is 1. The Morgan fingerprint density at radius 1 is 1.17 bits per heavy atom. The van der Waals surface area contributed by atoms with Crippen LogP contribution < -0.4 is 5.32 Å². The first-order chi connectivity index (χ1) is 8.69. The Morgan fingerprint density at radius 3 is 2.50 bits per heavy atom. The van der Waals surface area contributed by atoms with Crippen molar-refractivity contribution >= 4 is 5.69 Å². The summed E-state index contributed by atoms with van der Waals surface area (Å²) in [6.45, 7) is 2.02. The Morgan fingerprint density at radius 2 is 1.89 bits per heavy atom. The van der Waals surface area contributed by atoms with Gasteiger partial charge in [-0.25, -0.2) is 0 Å². The molecule has 0 heterocycles. The minimum Gasteiger partial charge on any atom is -0.508 e. The number of hydrogen-bond donors (Lipinski definition) is 2. The maximum Gasteiger partial charge on any atom is 0.115 e. The van der Waals surface area contributed by atoms with Crippen molar-refractivity contribution in [3.05, 3.63) is 59.7 Å². The molecule has 90 valence electrons. The van der Waals surface area contributed by atoms with Crippen LogP contribution in [-0.4, -0.2) is 5.11 Å². The summed E-state index contributed by atoms with van der Waals surface area (Å²) in [5.74, 6) is 0.265. The van der Waals surface area contributed by atoms with Gasteiger partial charge in [-0.15, -0.1) is 0 Å². The summed E-state index contributed by atoms with van der Waals surface area (Å²) in [5.41, 5.74) is 2.61. The van der Waals surface area contributed by atoms with Crippen LogP contribution in [0.2, 0.25) is 0 Å². The van der Waals surface area contributed by atoms with Gasteiger partial charge in [0, 0.05) is 11.7 Å². The van der Waals surface area contributed by atoms with Crippen LogP contribution in [0.4, 0.5) is 5.69 Å². The van der Waals surface area contributed by atoms with E-state index in [0.717, 1.165) is 11.3 Å². The Balaban J connectivity index is 2.11. The number of rotatable bonds is 3. The predicted octanol–water partition coefficient (Wildman–Crippen LogP) is 3.44. The molecule has 0 aliphatic heterocycles. The lowest BCUT2D eigenvalue weighted by Gasteiger charge is -2.15. The first-order valence-corrected chi connectivity index (χ1v) is 5.74. The maximum absolute atomic E-state index is 9.43. The van der Waals surface area contributed by atoms with Crippen molar-refractivity contribution in [3.63, 3.8) is 0 Å². The largest absolute Gasteiger partial charge is 0.508 e. The monoisotopic (exact) mass is 238 g/mol. The van der Waals surface area contributed by atoms with Gasteiger partial charge in [0.25, 0.3) is 0 Å². The van der Waals surface area contributed by atoms with Gasteiger partial charge in [0.1, 0.15) is 5.75 Å². The lowest BCUT2D eigenvalue weighted by atomic mass is 10.1. The second-order valence-electron chi connectivity index (χ2n) is 4.15. The first-order valence-electron chi connectivity index (χ1n) is 5.74. The van der Waals surface area contributed by atoms with Gasteiger partial charge in [-0.2, -0.15) is 5.26 Å². The molecule has 3 heteroatoms. The standard InChI is InChI=1S/C15H14N2O/c1-11(13-3-2-4-15(18)9-13)17-14-7-5-12(10-16)6-8-14/h2-9,11,17-18H,1H3. The molecule has 0 fully saturated rings. The zero-order chi connectivity index (χ0) is 13.0. The number of hydrogen-bond acceptors (Lipinski definition) is 3. The number of anilines is 1. The number of nitrogens with zero attached hydrogens (tertiary/aromatic N) is 1. The van der Waals surface area contributed by atoms with Crippen molar-refractivity contribution in [1.29, 1.82) is 5.26 Å². The molecular weight excluding hydrogens is 224 g/mol. The molecule has 0 bridgehead atoms. The van der Waals surface area contributed by atoms with Crippen LogP contribution in [0.25, 0.3) is 0 Å². The van der Waals surface area contributed by atoms with Crippen LogP contribution in [0.1, 0.15) is 24.1 Å². The number of aromatic hydroxyl groups is 1. The molecule has 0 radical (unpaired) electrons. The normalized spacial score (nSPS) is 11.6. The fraction of sp³-hybridized carbons (Fsp3) is 0.133. The van der Waals surface area contributed by atoms with Gasteiger partial charge in [-0.1, -0.05) is 12.1 Å². The molecule has 2 rings (SSSR count). The van der Waals surface area contributed by atoms with E-state index in [1.807, 2.05) is 31.2 Å². The molecule has 1 atom stereocenters. The van der Waals surface area contributed by atoms with Crippen LogP contribution in [-0.2, 0) is 0 Å². The lowest BCUT2D eigenvalue weighted by molar-refractivity contribution is 0.474. The summed E-state index contributed by atoms with van der Waals surface area (Å²) < 4.78 is 0. The van der Waals surface area contributed by atoms with Gasteiger partial charge < -0.3 is 10.4 Å². The van der Waals surface area contributed by atoms with Crippen molar-refractivity contribution < 1.29 is 5.11 Å². The molecule has 0 aromatic heterocycles. The van der Waals surface area contributed by atoms with Crippen LogP contribution in [0.15, 0.2) is 48.5 Å². The highest BCUT2D eigenvalue weighted by molar-refractivity contribution is 5.49. The molecule has 0 aliphatic carbocycles. The second-order valence-corrected chi connectivity index (χ2v) is 4.15. The van der Waals surface area contributed by atoms with E-state index in [4.69, 9.17) is 5.26 Å². The topological polar surface area (TPSA) is 56.0 Å². The van der Waals surface area contributed by atoms with Gasteiger partial charge in [0.05, 0.1) is 11.6 Å². The minimum atomic E-state index is 0.0880. The van der Waals surface area contributed by atoms with Gasteiger partial charge in [0.2, 0.25) is 0 Å². The van der Waals surface area contributed by atoms with Crippen molar-refractivity contribution in [3.8, 4) is 11.8 Å². The van der Waals surface area contributed by atoms with E-state index in [-0.39, 0.29) is 11.8 Å². The van der Waals surface area contributed by atoms with Gasteiger partial charge in [-0.3, -0.25) is 0 Å². The molecule has 3 nitrogen and oxygen atoms in total. The quantitative estimate of drug-likeness (QED) is 0.861. The highest BCUT2D eigenvalue weighted by Gasteiger charge is 2.05. The second kappa shape index (κ2) is 5.24. The summed E-state index contributed by atoms with van der Waals surface area (Å²) in [7, 11) is 0. The summed E-state index contributed by atoms with van der Waals surface area (Å²) in [6.07, 6.45) is 0. The maximum atomic E-state index is 9.43. The van der Waals surface area contributed by atoms with Crippen LogP contribution in [0.5, 0.6) is 5.75 Å². The van der Waals surface area contributed by atoms with Crippen molar-refractivity contribution in [1.82, 2.24) is 0 Å². The highest BCUT2D eigenvalue weighted by atomic mass is 16.3. The summed E-state index contributed by atoms with van der Waals surface area (Å²) in [5, 5.41) is 21.5. The molecular formula is C15H14N2O. The molecule has 2 aromatic rings. The summed E-state index contributed by atoms with van der Waals surface area (Å²) >= 11 is 0. The molecule has 18 heavy (non-hydrogen) atoms. The van der Waals surface area contributed by atoms with E-state index in [1.165, 1.54) is 0 Å². The average Bonchev–Trinajstić information content (AvgIpc) is 2.39. The zero-order valence-corrected chi connectivity index (χ0v) is 10.1. The summed E-state index contributed by atoms with van der Waals surface area (Å²) in [4.78, 5) is 0. The Kier molecular flexibility index (Phi) is 3.49. The predicted molar refractivity (Wildman–Crippen MR) is 71.3 cm³/mol. The molecule has 0 saturated carbocycles. The van der Waals surface area contributed by atoms with Gasteiger partial charge in [-0.05, 0) is 48.9 Å². The first kappa shape index (κ1) is 12.0. The van der Waals surface area contributed by atoms with E-state index in [0.29, 0.717) is 5.56 Å². The van der Waals surface area contributed by atoms with Crippen LogP contribution in [0, 0.1) is 11.3 Å². The fourth-order valence-electron chi connectivity index (χ4n) is 1.77. The Bertz CT molecular complexity index is 570. The fourth-order valence-corrected chi connectivity index (χ4v) is 1.77. The van der Waals surface area contributed by atoms with E-state index < -0.39 is 0 Å². The van der Waals surface area contributed by atoms with Crippen molar-refractivity contribution in [2.45, 2.75) is 13.0 Å². The van der Waals surface area contributed by atoms with Crippen molar-refractivity contribution in [2.24, 2.45) is 0 Å². The van der Waals surface area contributed by atoms with E-state index >= 15 is 0 Å². The van der Waals surface area contributed by atoms with Crippen molar-refractivity contribution in [2.75, 3.05) is 5.32 Å². The zero-order valence-electron chi connectivity index (χ0n) is 10.1. The van der Waals surface area contributed by atoms with E-state index in [1.54, 1.807) is 24.3 Å². The molecule has 2 N–H and O–H groups in total. The lowest BCUT2D eigenvalue weighted by Crippen LogP contribution is -2.06. The van der Waals surface area contributed by atoms with Crippen LogP contribution >= 0.6 is 0 Å². The number of benzene rings is 2. The van der Waals surface area contributed by atoms with E-state index in [9.17, 15) is 5.11 Å². The molecule has 2 aromatic carbocycles. The molecule has 0 spiro atoms. The van der Waals surface area contributed by atoms with E-state index in [2.05, 4.69) is 11.4 Å². The summed E-state index contributed by atoms with van der Waals surface area (Å²) in [6, 6.07) is 16.6. The number of phenolic OH excluding ortho intramolecular Hbond substituents is 1. The third-order valence-electron chi connectivity index (χ3n) is 2.77. The molecule has 0 aliphatic rings. The third-order valence-corrected chi connectivity index (χ3v) is 2.77. The molecule has 1 unspecified atom stereocenters. The van der Waals surface area contributed by atoms with Gasteiger partial charge >= 0.3 is 0 Å². The average molecular weight is 238 g/mol. The SMILES string of the molecule is CC(Nc1ccc(C#N)cc1)c1cccc(O)c1. The molecule has 0 amide bonds. The Labute approximate surface area is 106 Å². The third kappa shape index (κ3) is 2.80. The van der Waals surface area contributed by atoms with Gasteiger partial charge in [0.15, 0.2) is 0 Å². The Hall–Kier alpha value is -2.47. The smallest absolute Gasteiger partial charge is 0.115 e. The minimum absolute atomic E-state index is 0.0880. The van der Waals surface area contributed by atoms with Crippen LogP contribution in [0.3, 0.4) is 0 Å². The molecule has 0 saturated heterocycles. The highest BCUT2D eigenvalue weighted by Crippen LogP contribution is 2.22.